The molecule has 0 unspecified atom stereocenters. The van der Waals surface area contributed by atoms with Gasteiger partial charge in [-0.15, -0.1) is 11.8 Å². The Hall–Kier alpha value is -0.280. The van der Waals surface area contributed by atoms with Gasteiger partial charge in [0.2, 0.25) is 0 Å². The molecule has 0 saturated heterocycles. The maximum Gasteiger partial charge on any atom is 0.0702 e. The topological polar surface area (TPSA) is 21.6 Å². The van der Waals surface area contributed by atoms with Gasteiger partial charge in [-0.05, 0) is 39.5 Å². The van der Waals surface area contributed by atoms with Gasteiger partial charge in [-0.2, -0.15) is 0 Å². The molecular formula is C11H19NOS. The van der Waals surface area contributed by atoms with Crippen LogP contribution in [0.25, 0.3) is 0 Å². The molecule has 1 rings (SSSR count). The number of ether oxygens (including phenoxy) is 1. The highest BCUT2D eigenvalue weighted by molar-refractivity contribution is 8.13. The average Bonchev–Trinajstić information content (AvgIpc) is 2.11. The van der Waals surface area contributed by atoms with Crippen LogP contribution >= 0.6 is 11.8 Å². The van der Waals surface area contributed by atoms with E-state index in [9.17, 15) is 0 Å². The third-order valence-corrected chi connectivity index (χ3v) is 3.04. The number of nitrogens with zero attached hydrogens (tertiary/aromatic N) is 1. The van der Waals surface area contributed by atoms with Crippen LogP contribution in [0.1, 0.15) is 34.1 Å². The van der Waals surface area contributed by atoms with Gasteiger partial charge in [-0.1, -0.05) is 0 Å². The second-order valence-corrected chi connectivity index (χ2v) is 5.29. The van der Waals surface area contributed by atoms with Gasteiger partial charge in [0.15, 0.2) is 0 Å². The van der Waals surface area contributed by atoms with Crippen molar-refractivity contribution >= 4 is 16.8 Å². The summed E-state index contributed by atoms with van der Waals surface area (Å²) in [7, 11) is 0. The van der Waals surface area contributed by atoms with Crippen molar-refractivity contribution in [2.75, 3.05) is 12.9 Å². The van der Waals surface area contributed by atoms with Crippen molar-refractivity contribution in [2.24, 2.45) is 4.99 Å². The van der Waals surface area contributed by atoms with Gasteiger partial charge in [0.25, 0.3) is 0 Å². The molecule has 1 aliphatic heterocycles. The van der Waals surface area contributed by atoms with E-state index in [1.165, 1.54) is 11.3 Å². The molecule has 0 radical (unpaired) electrons. The molecule has 0 bridgehead atoms. The number of hydrogen-bond acceptors (Lipinski definition) is 3. The predicted octanol–water partition coefficient (Wildman–Crippen LogP) is 3.24. The molecule has 0 atom stereocenters. The Bertz CT molecular complexity index is 279. The average molecular weight is 213 g/mol. The van der Waals surface area contributed by atoms with E-state index in [1.54, 1.807) is 11.8 Å². The fourth-order valence-corrected chi connectivity index (χ4v) is 1.56. The van der Waals surface area contributed by atoms with Crippen LogP contribution < -0.4 is 0 Å². The number of hydrogen-bond donors (Lipinski definition) is 0. The second-order valence-electron chi connectivity index (χ2n) is 4.29. The van der Waals surface area contributed by atoms with Gasteiger partial charge >= 0.3 is 0 Å². The Morgan fingerprint density at radius 3 is 2.71 bits per heavy atom. The SMILES string of the molecule is CS/C(C)=N/C1=C(C)COC(C)(C)C1. The van der Waals surface area contributed by atoms with Gasteiger partial charge in [0.1, 0.15) is 0 Å². The monoisotopic (exact) mass is 213 g/mol. The molecule has 1 heterocycles. The van der Waals surface area contributed by atoms with E-state index in [2.05, 4.69) is 32.0 Å². The minimum atomic E-state index is -0.0585. The molecule has 0 N–H and O–H groups in total. The summed E-state index contributed by atoms with van der Waals surface area (Å²) in [5, 5.41) is 1.12. The van der Waals surface area contributed by atoms with Gasteiger partial charge in [0, 0.05) is 12.1 Å². The van der Waals surface area contributed by atoms with Crippen LogP contribution in [0.15, 0.2) is 16.3 Å². The summed E-state index contributed by atoms with van der Waals surface area (Å²) in [6.07, 6.45) is 2.97. The lowest BCUT2D eigenvalue weighted by molar-refractivity contribution is -0.0146. The summed E-state index contributed by atoms with van der Waals surface area (Å²) in [4.78, 5) is 4.61. The highest BCUT2D eigenvalue weighted by Crippen LogP contribution is 2.29. The molecular weight excluding hydrogens is 194 g/mol. The number of thioether (sulfide) groups is 1. The van der Waals surface area contributed by atoms with Crippen molar-refractivity contribution in [1.82, 2.24) is 0 Å². The van der Waals surface area contributed by atoms with Gasteiger partial charge in [-0.3, -0.25) is 4.99 Å². The molecule has 0 fully saturated rings. The van der Waals surface area contributed by atoms with E-state index in [-0.39, 0.29) is 5.60 Å². The first-order valence-corrected chi connectivity index (χ1v) is 6.09. The molecule has 2 nitrogen and oxygen atoms in total. The van der Waals surface area contributed by atoms with Crippen LogP contribution in [0, 0.1) is 0 Å². The quantitative estimate of drug-likeness (QED) is 0.492. The molecule has 0 aromatic carbocycles. The van der Waals surface area contributed by atoms with Crippen molar-refractivity contribution in [2.45, 2.75) is 39.7 Å². The normalized spacial score (nSPS) is 22.8. The minimum absolute atomic E-state index is 0.0585. The maximum atomic E-state index is 5.69. The van der Waals surface area contributed by atoms with E-state index < -0.39 is 0 Å². The fraction of sp³-hybridized carbons (Fsp3) is 0.727. The zero-order chi connectivity index (χ0) is 10.8. The molecule has 0 aromatic heterocycles. The fourth-order valence-electron chi connectivity index (χ4n) is 1.36. The highest BCUT2D eigenvalue weighted by atomic mass is 32.2. The highest BCUT2D eigenvalue weighted by Gasteiger charge is 2.26. The van der Waals surface area contributed by atoms with Crippen LogP contribution in [0.5, 0.6) is 0 Å². The van der Waals surface area contributed by atoms with E-state index in [1.807, 2.05) is 6.92 Å². The van der Waals surface area contributed by atoms with Gasteiger partial charge in [0.05, 0.1) is 17.3 Å². The summed E-state index contributed by atoms with van der Waals surface area (Å²) in [5.41, 5.74) is 2.41. The third-order valence-electron chi connectivity index (χ3n) is 2.35. The molecule has 1 aliphatic rings. The first-order chi connectivity index (χ1) is 6.44. The van der Waals surface area contributed by atoms with Crippen LogP contribution in [0.3, 0.4) is 0 Å². The lowest BCUT2D eigenvalue weighted by atomic mass is 9.97. The van der Waals surface area contributed by atoms with Crippen molar-refractivity contribution < 1.29 is 4.74 Å². The number of aliphatic imine (C=N–C) groups is 1. The Morgan fingerprint density at radius 1 is 1.50 bits per heavy atom. The third kappa shape index (κ3) is 3.14. The first-order valence-electron chi connectivity index (χ1n) is 4.86. The summed E-state index contributed by atoms with van der Waals surface area (Å²) < 4.78 is 5.69. The summed E-state index contributed by atoms with van der Waals surface area (Å²) in [5.74, 6) is 0. The standard InChI is InChI=1S/C11H19NOS/c1-8-7-13-11(3,4)6-10(8)12-9(2)14-5/h6-7H2,1-5H3/b12-9+. The van der Waals surface area contributed by atoms with Crippen LogP contribution in [0.4, 0.5) is 0 Å². The molecule has 0 spiro atoms. The van der Waals surface area contributed by atoms with Gasteiger partial charge in [-0.25, -0.2) is 0 Å². The van der Waals surface area contributed by atoms with E-state index >= 15 is 0 Å². The van der Waals surface area contributed by atoms with Crippen molar-refractivity contribution in [3.8, 4) is 0 Å². The number of rotatable bonds is 1. The second kappa shape index (κ2) is 4.49. The molecule has 0 aliphatic carbocycles. The zero-order valence-corrected chi connectivity index (χ0v) is 10.5. The lowest BCUT2D eigenvalue weighted by Crippen LogP contribution is -2.30. The Kier molecular flexibility index (Phi) is 3.78. The minimum Gasteiger partial charge on any atom is -0.371 e. The van der Waals surface area contributed by atoms with Crippen molar-refractivity contribution in [3.05, 3.63) is 11.3 Å². The van der Waals surface area contributed by atoms with Crippen molar-refractivity contribution in [1.29, 1.82) is 0 Å². The van der Waals surface area contributed by atoms with Crippen LogP contribution in [0.2, 0.25) is 0 Å². The molecule has 0 saturated carbocycles. The zero-order valence-electron chi connectivity index (χ0n) is 9.68. The maximum absolute atomic E-state index is 5.69. The Labute approximate surface area is 90.8 Å². The summed E-state index contributed by atoms with van der Waals surface area (Å²) in [6.45, 7) is 9.09. The molecule has 0 aromatic rings. The Morgan fingerprint density at radius 2 is 2.14 bits per heavy atom. The smallest absolute Gasteiger partial charge is 0.0702 e. The molecule has 14 heavy (non-hydrogen) atoms. The largest absolute Gasteiger partial charge is 0.371 e. The van der Waals surface area contributed by atoms with E-state index in [0.29, 0.717) is 6.61 Å². The van der Waals surface area contributed by atoms with Crippen LogP contribution in [-0.4, -0.2) is 23.5 Å². The Balaban J connectivity index is 2.85. The van der Waals surface area contributed by atoms with Crippen molar-refractivity contribution in [3.63, 3.8) is 0 Å². The van der Waals surface area contributed by atoms with Gasteiger partial charge < -0.3 is 4.74 Å². The summed E-state index contributed by atoms with van der Waals surface area (Å²) >= 11 is 1.70. The molecule has 80 valence electrons. The molecule has 0 amide bonds. The first kappa shape index (κ1) is 11.8. The van der Waals surface area contributed by atoms with Crippen LogP contribution in [-0.2, 0) is 4.74 Å². The summed E-state index contributed by atoms with van der Waals surface area (Å²) in [6, 6.07) is 0. The van der Waals surface area contributed by atoms with E-state index in [0.717, 1.165) is 11.5 Å². The predicted molar refractivity (Wildman–Crippen MR) is 64.0 cm³/mol. The lowest BCUT2D eigenvalue weighted by Gasteiger charge is -2.31. The van der Waals surface area contributed by atoms with E-state index in [4.69, 9.17) is 4.74 Å². The molecule has 3 heteroatoms.